The minimum absolute atomic E-state index is 0.0151. The summed E-state index contributed by atoms with van der Waals surface area (Å²) in [6, 6.07) is 4.11. The number of benzene rings is 1. The number of nitrogens with one attached hydrogen (secondary N) is 1. The van der Waals surface area contributed by atoms with Gasteiger partial charge in [-0.1, -0.05) is 20.8 Å². The summed E-state index contributed by atoms with van der Waals surface area (Å²) in [5, 5.41) is 2.54. The first-order chi connectivity index (χ1) is 8.21. The monoisotopic (exact) mass is 251 g/mol. The van der Waals surface area contributed by atoms with Crippen LogP contribution in [0.4, 0.5) is 4.39 Å². The van der Waals surface area contributed by atoms with Gasteiger partial charge in [0.15, 0.2) is 5.78 Å². The van der Waals surface area contributed by atoms with Gasteiger partial charge in [0.1, 0.15) is 5.82 Å². The molecule has 0 aromatic heterocycles. The number of carbonyl (C=O) groups is 2. The molecule has 0 saturated carbocycles. The lowest BCUT2D eigenvalue weighted by atomic mass is 9.91. The Hall–Kier alpha value is -1.71. The molecular weight excluding hydrogens is 233 g/mol. The van der Waals surface area contributed by atoms with Crippen LogP contribution in [0.5, 0.6) is 0 Å². The van der Waals surface area contributed by atoms with Crippen LogP contribution in [0, 0.1) is 18.2 Å². The fourth-order valence-electron chi connectivity index (χ4n) is 1.31. The average Bonchev–Trinajstić information content (AvgIpc) is 2.27. The van der Waals surface area contributed by atoms with E-state index in [-0.39, 0.29) is 24.1 Å². The van der Waals surface area contributed by atoms with Crippen molar-refractivity contribution in [3.63, 3.8) is 0 Å². The predicted octanol–water partition coefficient (Wildman–Crippen LogP) is 2.48. The number of rotatable bonds is 3. The van der Waals surface area contributed by atoms with Crippen molar-refractivity contribution in [1.82, 2.24) is 5.32 Å². The molecule has 4 heteroatoms. The maximum atomic E-state index is 13.0. The molecule has 18 heavy (non-hydrogen) atoms. The highest BCUT2D eigenvalue weighted by atomic mass is 19.1. The summed E-state index contributed by atoms with van der Waals surface area (Å²) in [6.45, 7) is 6.96. The van der Waals surface area contributed by atoms with Gasteiger partial charge in [-0.05, 0) is 30.7 Å². The van der Waals surface area contributed by atoms with Gasteiger partial charge in [0, 0.05) is 11.0 Å². The van der Waals surface area contributed by atoms with Crippen molar-refractivity contribution >= 4 is 11.7 Å². The maximum absolute atomic E-state index is 13.0. The first-order valence-electron chi connectivity index (χ1n) is 5.79. The highest BCUT2D eigenvalue weighted by Gasteiger charge is 2.21. The van der Waals surface area contributed by atoms with Gasteiger partial charge in [0.05, 0.1) is 6.54 Å². The van der Waals surface area contributed by atoms with Crippen LogP contribution in [-0.4, -0.2) is 18.2 Å². The van der Waals surface area contributed by atoms with E-state index in [2.05, 4.69) is 5.32 Å². The Morgan fingerprint density at radius 1 is 1.28 bits per heavy atom. The van der Waals surface area contributed by atoms with Crippen LogP contribution in [0.15, 0.2) is 18.2 Å². The van der Waals surface area contributed by atoms with Gasteiger partial charge in [-0.15, -0.1) is 0 Å². The molecule has 0 spiro atoms. The van der Waals surface area contributed by atoms with Crippen LogP contribution in [0.1, 0.15) is 36.7 Å². The first-order valence-corrected chi connectivity index (χ1v) is 5.79. The van der Waals surface area contributed by atoms with E-state index in [0.717, 1.165) is 0 Å². The topological polar surface area (TPSA) is 46.2 Å². The number of hydrogen-bond acceptors (Lipinski definition) is 2. The molecule has 0 atom stereocenters. The van der Waals surface area contributed by atoms with Crippen molar-refractivity contribution in [2.45, 2.75) is 27.7 Å². The molecule has 0 unspecified atom stereocenters. The molecule has 1 aromatic carbocycles. The van der Waals surface area contributed by atoms with E-state index in [1.54, 1.807) is 27.7 Å². The predicted molar refractivity (Wildman–Crippen MR) is 67.9 cm³/mol. The summed E-state index contributed by atoms with van der Waals surface area (Å²) in [4.78, 5) is 23.4. The number of Topliss-reactive ketones (excluding diaryl/α,β-unsaturated/α-hetero) is 1. The molecule has 1 aromatic rings. The fourth-order valence-corrected chi connectivity index (χ4v) is 1.31. The molecule has 98 valence electrons. The van der Waals surface area contributed by atoms with Crippen molar-refractivity contribution in [2.75, 3.05) is 6.54 Å². The van der Waals surface area contributed by atoms with Gasteiger partial charge in [0.25, 0.3) is 5.91 Å². The van der Waals surface area contributed by atoms with Crippen LogP contribution in [0.2, 0.25) is 0 Å². The molecule has 1 N–H and O–H groups in total. The molecule has 0 bridgehead atoms. The number of carbonyl (C=O) groups excluding carboxylic acids is 2. The molecule has 1 amide bonds. The van der Waals surface area contributed by atoms with Crippen LogP contribution in [0.25, 0.3) is 0 Å². The van der Waals surface area contributed by atoms with Gasteiger partial charge in [-0.3, -0.25) is 9.59 Å². The Morgan fingerprint density at radius 2 is 1.89 bits per heavy atom. The molecule has 0 aliphatic heterocycles. The summed E-state index contributed by atoms with van der Waals surface area (Å²) < 4.78 is 13.0. The van der Waals surface area contributed by atoms with E-state index in [9.17, 15) is 14.0 Å². The Morgan fingerprint density at radius 3 is 2.39 bits per heavy atom. The molecule has 1 rings (SSSR count). The lowest BCUT2D eigenvalue weighted by Gasteiger charge is -2.16. The number of ketones is 1. The molecule has 3 nitrogen and oxygen atoms in total. The molecule has 0 saturated heterocycles. The van der Waals surface area contributed by atoms with Gasteiger partial charge in [-0.25, -0.2) is 4.39 Å². The van der Waals surface area contributed by atoms with Gasteiger partial charge in [-0.2, -0.15) is 0 Å². The number of aryl methyl sites for hydroxylation is 1. The molecule has 0 aliphatic rings. The van der Waals surface area contributed by atoms with Crippen molar-refractivity contribution in [2.24, 2.45) is 5.41 Å². The third kappa shape index (κ3) is 3.65. The van der Waals surface area contributed by atoms with Crippen molar-refractivity contribution in [3.8, 4) is 0 Å². The minimum atomic E-state index is -0.480. The van der Waals surface area contributed by atoms with Gasteiger partial charge in [0.2, 0.25) is 0 Å². The van der Waals surface area contributed by atoms with Crippen molar-refractivity contribution in [3.05, 3.63) is 35.1 Å². The summed E-state index contributed by atoms with van der Waals surface area (Å²) in [6.07, 6.45) is 0. The van der Waals surface area contributed by atoms with Crippen LogP contribution in [-0.2, 0) is 4.79 Å². The molecule has 0 fully saturated rings. The zero-order valence-corrected chi connectivity index (χ0v) is 11.1. The SMILES string of the molecule is Cc1cc(C(=O)NCC(=O)C(C)(C)C)ccc1F. The quantitative estimate of drug-likeness (QED) is 0.897. The lowest BCUT2D eigenvalue weighted by Crippen LogP contribution is -2.35. The maximum Gasteiger partial charge on any atom is 0.251 e. The summed E-state index contributed by atoms with van der Waals surface area (Å²) >= 11 is 0. The number of amides is 1. The average molecular weight is 251 g/mol. The Balaban J connectivity index is 2.66. The minimum Gasteiger partial charge on any atom is -0.345 e. The third-order valence-electron chi connectivity index (χ3n) is 2.67. The van der Waals surface area contributed by atoms with Crippen LogP contribution in [0.3, 0.4) is 0 Å². The Bertz CT molecular complexity index is 475. The summed E-state index contributed by atoms with van der Waals surface area (Å²) in [5.74, 6) is -0.761. The fraction of sp³-hybridized carbons (Fsp3) is 0.429. The van der Waals surface area contributed by atoms with Gasteiger partial charge >= 0.3 is 0 Å². The Kier molecular flexibility index (Phi) is 4.22. The molecule has 0 heterocycles. The standard InChI is InChI=1S/C14H18FNO2/c1-9-7-10(5-6-11(9)15)13(18)16-8-12(17)14(2,3)4/h5-7H,8H2,1-4H3,(H,16,18). The van der Waals surface area contributed by atoms with Crippen molar-refractivity contribution in [1.29, 1.82) is 0 Å². The van der Waals surface area contributed by atoms with E-state index in [1.807, 2.05) is 0 Å². The number of halogens is 1. The second kappa shape index (κ2) is 5.29. The largest absolute Gasteiger partial charge is 0.345 e. The van der Waals surface area contributed by atoms with Gasteiger partial charge < -0.3 is 5.32 Å². The lowest BCUT2D eigenvalue weighted by molar-refractivity contribution is -0.125. The van der Waals surface area contributed by atoms with Crippen molar-refractivity contribution < 1.29 is 14.0 Å². The van der Waals surface area contributed by atoms with E-state index in [1.165, 1.54) is 18.2 Å². The normalized spacial score (nSPS) is 11.2. The summed E-state index contributed by atoms with van der Waals surface area (Å²) in [5.41, 5.74) is 0.284. The van der Waals surface area contributed by atoms with E-state index < -0.39 is 5.41 Å². The second-order valence-electron chi connectivity index (χ2n) is 5.32. The first kappa shape index (κ1) is 14.4. The Labute approximate surface area is 106 Å². The van der Waals surface area contributed by atoms with E-state index in [4.69, 9.17) is 0 Å². The highest BCUT2D eigenvalue weighted by Crippen LogP contribution is 2.14. The highest BCUT2D eigenvalue weighted by molar-refractivity contribution is 5.97. The second-order valence-corrected chi connectivity index (χ2v) is 5.32. The zero-order chi connectivity index (χ0) is 13.9. The molecule has 0 radical (unpaired) electrons. The smallest absolute Gasteiger partial charge is 0.251 e. The molecule has 0 aliphatic carbocycles. The van der Waals surface area contributed by atoms with E-state index >= 15 is 0 Å². The third-order valence-corrected chi connectivity index (χ3v) is 2.67. The van der Waals surface area contributed by atoms with Crippen LogP contribution >= 0.6 is 0 Å². The zero-order valence-electron chi connectivity index (χ0n) is 11.1. The summed E-state index contributed by atoms with van der Waals surface area (Å²) in [7, 11) is 0. The molecular formula is C14H18FNO2. The van der Waals surface area contributed by atoms with Crippen LogP contribution < -0.4 is 5.32 Å². The number of hydrogen-bond donors (Lipinski definition) is 1. The van der Waals surface area contributed by atoms with E-state index in [0.29, 0.717) is 11.1 Å².